The minimum absolute atomic E-state index is 0.206. The molecule has 0 bridgehead atoms. The fourth-order valence-electron chi connectivity index (χ4n) is 3.55. The molecule has 4 rings (SSSR count). The van der Waals surface area contributed by atoms with Crippen LogP contribution < -0.4 is 10.1 Å². The third-order valence-electron chi connectivity index (χ3n) is 5.10. The maximum atomic E-state index is 13.1. The van der Waals surface area contributed by atoms with Crippen molar-refractivity contribution in [3.8, 4) is 11.4 Å². The highest BCUT2D eigenvalue weighted by Crippen LogP contribution is 2.26. The molecule has 0 fully saturated rings. The number of aryl methyl sites for hydroxylation is 3. The zero-order chi connectivity index (χ0) is 21.3. The molecule has 0 spiro atoms. The summed E-state index contributed by atoms with van der Waals surface area (Å²) in [4.78, 5) is 17.8. The van der Waals surface area contributed by atoms with Gasteiger partial charge in [-0.2, -0.15) is 5.10 Å². The molecule has 0 atom stereocenters. The van der Waals surface area contributed by atoms with E-state index in [0.29, 0.717) is 22.6 Å². The Morgan fingerprint density at radius 3 is 2.57 bits per heavy atom. The summed E-state index contributed by atoms with van der Waals surface area (Å²) in [7, 11) is 1.60. The van der Waals surface area contributed by atoms with Crippen molar-refractivity contribution in [2.24, 2.45) is 0 Å². The summed E-state index contributed by atoms with van der Waals surface area (Å²) in [5, 5.41) is 8.40. The lowest BCUT2D eigenvalue weighted by atomic mass is 10.1. The van der Waals surface area contributed by atoms with E-state index in [1.807, 2.05) is 44.2 Å². The van der Waals surface area contributed by atoms with Gasteiger partial charge >= 0.3 is 0 Å². The number of carbonyl (C=O) groups is 1. The van der Waals surface area contributed by atoms with Crippen LogP contribution in [0, 0.1) is 13.8 Å². The van der Waals surface area contributed by atoms with Gasteiger partial charge in [0.1, 0.15) is 5.75 Å². The third-order valence-corrected chi connectivity index (χ3v) is 5.10. The van der Waals surface area contributed by atoms with Crippen LogP contribution in [0.2, 0.25) is 0 Å². The van der Waals surface area contributed by atoms with Crippen molar-refractivity contribution in [1.82, 2.24) is 14.8 Å². The summed E-state index contributed by atoms with van der Waals surface area (Å²) < 4.78 is 7.05. The summed E-state index contributed by atoms with van der Waals surface area (Å²) in [6.45, 7) is 5.91. The normalized spacial score (nSPS) is 10.9. The second-order valence-electron chi connectivity index (χ2n) is 7.21. The number of nitrogens with zero attached hydrogens (tertiary/aromatic N) is 3. The average Bonchev–Trinajstić information content (AvgIpc) is 3.09. The first kappa shape index (κ1) is 19.6. The molecule has 1 N–H and O–H groups in total. The van der Waals surface area contributed by atoms with Crippen LogP contribution in [0.15, 0.2) is 54.6 Å². The molecule has 0 unspecified atom stereocenters. The number of carbonyl (C=O) groups excluding carboxylic acids is 1. The number of amides is 1. The van der Waals surface area contributed by atoms with Gasteiger partial charge in [-0.15, -0.1) is 0 Å². The van der Waals surface area contributed by atoms with Crippen LogP contribution in [0.4, 0.5) is 5.69 Å². The van der Waals surface area contributed by atoms with Crippen LogP contribution in [0.1, 0.15) is 34.2 Å². The van der Waals surface area contributed by atoms with E-state index in [0.717, 1.165) is 28.9 Å². The molecule has 1 amide bonds. The van der Waals surface area contributed by atoms with E-state index in [1.54, 1.807) is 23.9 Å². The van der Waals surface area contributed by atoms with Crippen molar-refractivity contribution in [3.05, 3.63) is 77.1 Å². The van der Waals surface area contributed by atoms with E-state index in [1.165, 1.54) is 5.56 Å². The van der Waals surface area contributed by atoms with Crippen molar-refractivity contribution in [3.63, 3.8) is 0 Å². The lowest BCUT2D eigenvalue weighted by molar-refractivity contribution is 0.102. The molecule has 0 saturated heterocycles. The Morgan fingerprint density at radius 1 is 1.10 bits per heavy atom. The number of fused-ring (bicyclic) bond motifs is 1. The van der Waals surface area contributed by atoms with Crippen LogP contribution in [0.25, 0.3) is 16.7 Å². The monoisotopic (exact) mass is 400 g/mol. The predicted molar refractivity (Wildman–Crippen MR) is 119 cm³/mol. The summed E-state index contributed by atoms with van der Waals surface area (Å²) in [6, 6.07) is 17.3. The topological polar surface area (TPSA) is 69.0 Å². The number of ether oxygens (including phenoxy) is 1. The molecule has 152 valence electrons. The van der Waals surface area contributed by atoms with Crippen LogP contribution in [-0.2, 0) is 6.42 Å². The number of aromatic nitrogens is 3. The molecule has 4 aromatic rings. The van der Waals surface area contributed by atoms with Crippen molar-refractivity contribution >= 4 is 22.6 Å². The van der Waals surface area contributed by atoms with Crippen LogP contribution in [-0.4, -0.2) is 27.8 Å². The van der Waals surface area contributed by atoms with E-state index >= 15 is 0 Å². The molecule has 0 saturated carbocycles. The summed E-state index contributed by atoms with van der Waals surface area (Å²) >= 11 is 0. The van der Waals surface area contributed by atoms with E-state index in [9.17, 15) is 4.79 Å². The fraction of sp³-hybridized carbons (Fsp3) is 0.208. The Morgan fingerprint density at radius 2 is 1.87 bits per heavy atom. The Kier molecular flexibility index (Phi) is 5.23. The third kappa shape index (κ3) is 3.64. The first-order valence-corrected chi connectivity index (χ1v) is 9.92. The Labute approximate surface area is 175 Å². The Balaban J connectivity index is 1.78. The molecule has 6 nitrogen and oxygen atoms in total. The highest BCUT2D eigenvalue weighted by atomic mass is 16.5. The van der Waals surface area contributed by atoms with Gasteiger partial charge in [-0.1, -0.05) is 25.1 Å². The lowest BCUT2D eigenvalue weighted by Crippen LogP contribution is -2.13. The average molecular weight is 400 g/mol. The van der Waals surface area contributed by atoms with Crippen LogP contribution in [0.3, 0.4) is 0 Å². The number of nitrogens with one attached hydrogen (secondary N) is 1. The second-order valence-corrected chi connectivity index (χ2v) is 7.21. The SMILES string of the molecule is CCc1ccc(-n2nc(C)c3c(C(=O)Nc4cccc(OC)c4)cc(C)nc32)cc1. The van der Waals surface area contributed by atoms with Crippen molar-refractivity contribution < 1.29 is 9.53 Å². The van der Waals surface area contributed by atoms with Gasteiger partial charge in [-0.05, 0) is 56.2 Å². The second kappa shape index (κ2) is 7.99. The highest BCUT2D eigenvalue weighted by molar-refractivity contribution is 6.12. The minimum atomic E-state index is -0.206. The maximum absolute atomic E-state index is 13.1. The molecule has 0 aliphatic rings. The number of methoxy groups -OCH3 is 1. The number of anilines is 1. The van der Waals surface area contributed by atoms with Gasteiger partial charge in [0.05, 0.1) is 29.4 Å². The zero-order valence-electron chi connectivity index (χ0n) is 17.6. The van der Waals surface area contributed by atoms with Crippen molar-refractivity contribution in [1.29, 1.82) is 0 Å². The standard InChI is InChI=1S/C24H24N4O2/c1-5-17-9-11-19(12-10-17)28-23-22(16(3)27-28)21(13-15(2)25-23)24(29)26-18-7-6-8-20(14-18)30-4/h6-14H,5H2,1-4H3,(H,26,29). The molecule has 0 radical (unpaired) electrons. The fourth-order valence-corrected chi connectivity index (χ4v) is 3.55. The largest absolute Gasteiger partial charge is 0.497 e. The van der Waals surface area contributed by atoms with Gasteiger partial charge in [-0.25, -0.2) is 9.67 Å². The first-order valence-electron chi connectivity index (χ1n) is 9.92. The first-order chi connectivity index (χ1) is 14.5. The molecule has 0 aliphatic carbocycles. The van der Waals surface area contributed by atoms with Gasteiger partial charge in [0.25, 0.3) is 5.91 Å². The molecular formula is C24H24N4O2. The van der Waals surface area contributed by atoms with E-state index in [4.69, 9.17) is 9.72 Å². The van der Waals surface area contributed by atoms with Gasteiger partial charge in [-0.3, -0.25) is 4.79 Å². The summed E-state index contributed by atoms with van der Waals surface area (Å²) in [6.07, 6.45) is 0.977. The van der Waals surface area contributed by atoms with E-state index in [-0.39, 0.29) is 5.91 Å². The van der Waals surface area contributed by atoms with Gasteiger partial charge < -0.3 is 10.1 Å². The summed E-state index contributed by atoms with van der Waals surface area (Å²) in [5.74, 6) is 0.478. The number of hydrogen-bond acceptors (Lipinski definition) is 4. The molecular weight excluding hydrogens is 376 g/mol. The molecule has 2 aromatic carbocycles. The van der Waals surface area contributed by atoms with Crippen LogP contribution in [0.5, 0.6) is 5.75 Å². The smallest absolute Gasteiger partial charge is 0.256 e. The van der Waals surface area contributed by atoms with Gasteiger partial charge in [0.2, 0.25) is 0 Å². The number of benzene rings is 2. The van der Waals surface area contributed by atoms with Gasteiger partial charge in [0, 0.05) is 17.4 Å². The zero-order valence-corrected chi connectivity index (χ0v) is 17.6. The van der Waals surface area contributed by atoms with Crippen molar-refractivity contribution in [2.45, 2.75) is 27.2 Å². The number of hydrogen-bond donors (Lipinski definition) is 1. The quantitative estimate of drug-likeness (QED) is 0.519. The highest BCUT2D eigenvalue weighted by Gasteiger charge is 2.20. The Hall–Kier alpha value is -3.67. The number of pyridine rings is 1. The van der Waals surface area contributed by atoms with E-state index in [2.05, 4.69) is 29.5 Å². The molecule has 30 heavy (non-hydrogen) atoms. The van der Waals surface area contributed by atoms with Crippen LogP contribution >= 0.6 is 0 Å². The van der Waals surface area contributed by atoms with Gasteiger partial charge in [0.15, 0.2) is 5.65 Å². The van der Waals surface area contributed by atoms with Crippen molar-refractivity contribution in [2.75, 3.05) is 12.4 Å². The molecule has 2 aromatic heterocycles. The Bertz CT molecular complexity index is 1230. The lowest BCUT2D eigenvalue weighted by Gasteiger charge is -2.09. The maximum Gasteiger partial charge on any atom is 0.256 e. The summed E-state index contributed by atoms with van der Waals surface area (Å²) in [5.41, 5.74) is 5.58. The predicted octanol–water partition coefficient (Wildman–Crippen LogP) is 4.86. The number of rotatable bonds is 5. The van der Waals surface area contributed by atoms with E-state index < -0.39 is 0 Å². The molecule has 6 heteroatoms. The minimum Gasteiger partial charge on any atom is -0.497 e. The molecule has 2 heterocycles. The molecule has 0 aliphatic heterocycles.